The molecule has 0 bridgehead atoms. The average Bonchev–Trinajstić information content (AvgIpc) is 3.41. The maximum absolute atomic E-state index is 12.7. The maximum Gasteiger partial charge on any atom is 0.228 e. The summed E-state index contributed by atoms with van der Waals surface area (Å²) in [7, 11) is 0. The van der Waals surface area contributed by atoms with Gasteiger partial charge in [0.15, 0.2) is 0 Å². The Hall–Kier alpha value is -2.62. The van der Waals surface area contributed by atoms with Gasteiger partial charge in [0.25, 0.3) is 0 Å². The minimum absolute atomic E-state index is 0.0404. The molecular weight excluding hydrogens is 312 g/mol. The first-order valence-corrected chi connectivity index (χ1v) is 8.85. The summed E-state index contributed by atoms with van der Waals surface area (Å²) in [5, 5.41) is 2.94. The molecule has 25 heavy (non-hydrogen) atoms. The van der Waals surface area contributed by atoms with Gasteiger partial charge in [-0.05, 0) is 48.6 Å². The fraction of sp³-hybridized carbons (Fsp3) is 0.333. The summed E-state index contributed by atoms with van der Waals surface area (Å²) in [5.74, 6) is -0.263. The van der Waals surface area contributed by atoms with Crippen molar-refractivity contribution in [2.75, 3.05) is 11.9 Å². The summed E-state index contributed by atoms with van der Waals surface area (Å²) in [5.41, 5.74) is 4.46. The van der Waals surface area contributed by atoms with Crippen LogP contribution in [0.2, 0.25) is 0 Å². The van der Waals surface area contributed by atoms with Gasteiger partial charge in [0, 0.05) is 18.8 Å². The Kier molecular flexibility index (Phi) is 4.04. The van der Waals surface area contributed by atoms with Crippen LogP contribution in [-0.2, 0) is 22.6 Å². The largest absolute Gasteiger partial charge is 0.338 e. The highest BCUT2D eigenvalue weighted by Crippen LogP contribution is 2.41. The molecular formula is C21H22N2O2. The molecule has 2 atom stereocenters. The SMILES string of the molecule is Cc1cccc(NC(=O)C2CC2C(=O)N2CCc3ccccc3C2)c1. The minimum Gasteiger partial charge on any atom is -0.338 e. The summed E-state index contributed by atoms with van der Waals surface area (Å²) >= 11 is 0. The molecule has 4 nitrogen and oxygen atoms in total. The van der Waals surface area contributed by atoms with E-state index >= 15 is 0 Å². The lowest BCUT2D eigenvalue weighted by atomic mass is 9.99. The molecule has 2 unspecified atom stereocenters. The number of rotatable bonds is 3. The van der Waals surface area contributed by atoms with Crippen molar-refractivity contribution in [2.24, 2.45) is 11.8 Å². The van der Waals surface area contributed by atoms with E-state index in [0.29, 0.717) is 13.0 Å². The van der Waals surface area contributed by atoms with Gasteiger partial charge in [0.1, 0.15) is 0 Å². The van der Waals surface area contributed by atoms with Gasteiger partial charge >= 0.3 is 0 Å². The third kappa shape index (κ3) is 3.29. The van der Waals surface area contributed by atoms with Gasteiger partial charge in [-0.3, -0.25) is 9.59 Å². The fourth-order valence-corrected chi connectivity index (χ4v) is 3.63. The number of fused-ring (bicyclic) bond motifs is 1. The molecule has 1 heterocycles. The maximum atomic E-state index is 12.7. The summed E-state index contributed by atoms with van der Waals surface area (Å²) in [6.07, 6.45) is 1.56. The lowest BCUT2D eigenvalue weighted by Crippen LogP contribution is -2.37. The third-order valence-corrected chi connectivity index (χ3v) is 5.17. The normalized spacial score (nSPS) is 21.4. The standard InChI is InChI=1S/C21H22N2O2/c1-14-5-4-8-17(11-14)22-20(24)18-12-19(18)21(25)23-10-9-15-6-2-3-7-16(15)13-23/h2-8,11,18-19H,9-10,12-13H2,1H3,(H,22,24). The number of carbonyl (C=O) groups excluding carboxylic acids is 2. The predicted molar refractivity (Wildman–Crippen MR) is 97.0 cm³/mol. The van der Waals surface area contributed by atoms with Crippen LogP contribution < -0.4 is 5.32 Å². The number of hydrogen-bond acceptors (Lipinski definition) is 2. The van der Waals surface area contributed by atoms with Gasteiger partial charge in [-0.25, -0.2) is 0 Å². The summed E-state index contributed by atoms with van der Waals surface area (Å²) in [6.45, 7) is 3.41. The Balaban J connectivity index is 1.36. The van der Waals surface area contributed by atoms with E-state index < -0.39 is 0 Å². The smallest absolute Gasteiger partial charge is 0.228 e. The van der Waals surface area contributed by atoms with Crippen LogP contribution in [0.5, 0.6) is 0 Å². The topological polar surface area (TPSA) is 49.4 Å². The Morgan fingerprint density at radius 1 is 1.04 bits per heavy atom. The van der Waals surface area contributed by atoms with Crippen molar-refractivity contribution in [3.05, 3.63) is 65.2 Å². The van der Waals surface area contributed by atoms with Crippen LogP contribution in [0.15, 0.2) is 48.5 Å². The number of nitrogens with zero attached hydrogens (tertiary/aromatic N) is 1. The number of anilines is 1. The quantitative estimate of drug-likeness (QED) is 0.937. The van der Waals surface area contributed by atoms with Gasteiger partial charge in [-0.15, -0.1) is 0 Å². The third-order valence-electron chi connectivity index (χ3n) is 5.17. The zero-order chi connectivity index (χ0) is 17.4. The molecule has 2 aliphatic rings. The van der Waals surface area contributed by atoms with Crippen molar-refractivity contribution in [3.8, 4) is 0 Å². The lowest BCUT2D eigenvalue weighted by molar-refractivity contribution is -0.135. The lowest BCUT2D eigenvalue weighted by Gasteiger charge is -2.29. The van der Waals surface area contributed by atoms with Gasteiger partial charge in [-0.1, -0.05) is 36.4 Å². The van der Waals surface area contributed by atoms with Crippen molar-refractivity contribution >= 4 is 17.5 Å². The Morgan fingerprint density at radius 3 is 2.64 bits per heavy atom. The molecule has 0 saturated heterocycles. The predicted octanol–water partition coefficient (Wildman–Crippen LogP) is 3.15. The molecule has 1 N–H and O–H groups in total. The molecule has 1 aliphatic heterocycles. The van der Waals surface area contributed by atoms with Crippen molar-refractivity contribution in [2.45, 2.75) is 26.3 Å². The molecule has 1 aliphatic carbocycles. The average molecular weight is 334 g/mol. The highest BCUT2D eigenvalue weighted by Gasteiger charge is 2.49. The van der Waals surface area contributed by atoms with E-state index in [0.717, 1.165) is 24.2 Å². The van der Waals surface area contributed by atoms with E-state index in [2.05, 4.69) is 17.4 Å². The van der Waals surface area contributed by atoms with Crippen LogP contribution in [0.25, 0.3) is 0 Å². The van der Waals surface area contributed by atoms with Gasteiger partial charge in [0.2, 0.25) is 11.8 Å². The first-order chi connectivity index (χ1) is 12.1. The molecule has 4 rings (SSSR count). The number of carbonyl (C=O) groups is 2. The van der Waals surface area contributed by atoms with Crippen molar-refractivity contribution in [1.82, 2.24) is 4.90 Å². The van der Waals surface area contributed by atoms with Crippen LogP contribution >= 0.6 is 0 Å². The molecule has 1 fully saturated rings. The molecule has 2 amide bonds. The number of benzene rings is 2. The van der Waals surface area contributed by atoms with E-state index in [-0.39, 0.29) is 23.7 Å². The second-order valence-electron chi connectivity index (χ2n) is 7.09. The fourth-order valence-electron chi connectivity index (χ4n) is 3.63. The van der Waals surface area contributed by atoms with Gasteiger partial charge in [-0.2, -0.15) is 0 Å². The first-order valence-electron chi connectivity index (χ1n) is 8.85. The molecule has 0 radical (unpaired) electrons. The van der Waals surface area contributed by atoms with Crippen molar-refractivity contribution < 1.29 is 9.59 Å². The Morgan fingerprint density at radius 2 is 1.84 bits per heavy atom. The summed E-state index contributed by atoms with van der Waals surface area (Å²) < 4.78 is 0. The molecule has 0 spiro atoms. The van der Waals surface area contributed by atoms with Crippen LogP contribution in [0.3, 0.4) is 0 Å². The number of nitrogens with one attached hydrogen (secondary N) is 1. The first kappa shape index (κ1) is 15.9. The van der Waals surface area contributed by atoms with Crippen LogP contribution in [-0.4, -0.2) is 23.3 Å². The van der Waals surface area contributed by atoms with Crippen molar-refractivity contribution in [1.29, 1.82) is 0 Å². The van der Waals surface area contributed by atoms with E-state index in [1.165, 1.54) is 11.1 Å². The Bertz CT molecular complexity index is 830. The van der Waals surface area contributed by atoms with Gasteiger partial charge in [0.05, 0.1) is 11.8 Å². The van der Waals surface area contributed by atoms with E-state index in [1.54, 1.807) is 0 Å². The van der Waals surface area contributed by atoms with E-state index in [1.807, 2.05) is 48.2 Å². The van der Waals surface area contributed by atoms with Crippen molar-refractivity contribution in [3.63, 3.8) is 0 Å². The molecule has 2 aromatic rings. The zero-order valence-electron chi connectivity index (χ0n) is 14.4. The number of hydrogen-bond donors (Lipinski definition) is 1. The van der Waals surface area contributed by atoms with Gasteiger partial charge < -0.3 is 10.2 Å². The highest BCUT2D eigenvalue weighted by atomic mass is 16.2. The molecule has 0 aromatic heterocycles. The monoisotopic (exact) mass is 334 g/mol. The molecule has 1 saturated carbocycles. The second-order valence-corrected chi connectivity index (χ2v) is 7.09. The molecule has 4 heteroatoms. The summed E-state index contributed by atoms with van der Waals surface area (Å²) in [6, 6.07) is 16.0. The highest BCUT2D eigenvalue weighted by molar-refractivity contribution is 5.99. The molecule has 2 aromatic carbocycles. The number of amides is 2. The molecule has 128 valence electrons. The van der Waals surface area contributed by atoms with Crippen LogP contribution in [0, 0.1) is 18.8 Å². The van der Waals surface area contributed by atoms with Crippen LogP contribution in [0.1, 0.15) is 23.1 Å². The second kappa shape index (κ2) is 6.36. The van der Waals surface area contributed by atoms with E-state index in [4.69, 9.17) is 0 Å². The zero-order valence-corrected chi connectivity index (χ0v) is 14.4. The Labute approximate surface area is 147 Å². The minimum atomic E-state index is -0.190. The number of aryl methyl sites for hydroxylation is 1. The summed E-state index contributed by atoms with van der Waals surface area (Å²) in [4.78, 5) is 27.0. The van der Waals surface area contributed by atoms with Crippen LogP contribution in [0.4, 0.5) is 5.69 Å². The van der Waals surface area contributed by atoms with E-state index in [9.17, 15) is 9.59 Å².